The van der Waals surface area contributed by atoms with Gasteiger partial charge in [0.15, 0.2) is 0 Å². The molecular formula is C22H26N4O. The number of nitrogens with zero attached hydrogens (tertiary/aromatic N) is 3. The van der Waals surface area contributed by atoms with Gasteiger partial charge in [-0.1, -0.05) is 60.7 Å². The number of benzene rings is 2. The summed E-state index contributed by atoms with van der Waals surface area (Å²) in [6, 6.07) is 19.8. The lowest BCUT2D eigenvalue weighted by atomic mass is 10.0. The van der Waals surface area contributed by atoms with Gasteiger partial charge in [-0.25, -0.2) is 0 Å². The van der Waals surface area contributed by atoms with Crippen LogP contribution in [0.15, 0.2) is 60.7 Å². The van der Waals surface area contributed by atoms with Crippen LogP contribution in [0.25, 0.3) is 11.1 Å². The number of rotatable bonds is 6. The van der Waals surface area contributed by atoms with Gasteiger partial charge >= 0.3 is 0 Å². The molecule has 27 heavy (non-hydrogen) atoms. The fraction of sp³-hybridized carbons (Fsp3) is 0.273. The topological polar surface area (TPSA) is 50.2 Å². The summed E-state index contributed by atoms with van der Waals surface area (Å²) < 4.78 is 1.74. The fourth-order valence-electron chi connectivity index (χ4n) is 3.30. The van der Waals surface area contributed by atoms with Gasteiger partial charge in [0.2, 0.25) is 5.91 Å². The highest BCUT2D eigenvalue weighted by Gasteiger charge is 2.24. The smallest absolute Gasteiger partial charge is 0.243 e. The molecule has 0 aliphatic carbocycles. The normalized spacial score (nSPS) is 12.2. The largest absolute Gasteiger partial charge is 0.309 e. The number of carbonyl (C=O) groups excluding carboxylic acids is 1. The van der Waals surface area contributed by atoms with E-state index >= 15 is 0 Å². The van der Waals surface area contributed by atoms with E-state index in [9.17, 15) is 4.79 Å². The third-order valence-electron chi connectivity index (χ3n) is 4.72. The molecule has 5 heteroatoms. The Morgan fingerprint density at radius 3 is 2.26 bits per heavy atom. The Hall–Kier alpha value is -2.92. The molecule has 3 aromatic rings. The number of anilines is 1. The van der Waals surface area contributed by atoms with E-state index in [1.54, 1.807) is 4.68 Å². The predicted molar refractivity (Wildman–Crippen MR) is 110 cm³/mol. The van der Waals surface area contributed by atoms with E-state index < -0.39 is 0 Å². The van der Waals surface area contributed by atoms with Crippen LogP contribution in [0.2, 0.25) is 0 Å². The maximum absolute atomic E-state index is 13.1. The van der Waals surface area contributed by atoms with E-state index in [-0.39, 0.29) is 11.9 Å². The van der Waals surface area contributed by atoms with Crippen molar-refractivity contribution < 1.29 is 4.79 Å². The Morgan fingerprint density at radius 1 is 1.07 bits per heavy atom. The van der Waals surface area contributed by atoms with Gasteiger partial charge in [0.05, 0.1) is 11.7 Å². The number of nitrogens with one attached hydrogen (secondary N) is 1. The predicted octanol–water partition coefficient (Wildman–Crippen LogP) is 3.51. The van der Waals surface area contributed by atoms with Crippen LogP contribution >= 0.6 is 0 Å². The molecule has 2 aromatic carbocycles. The summed E-state index contributed by atoms with van der Waals surface area (Å²) in [5.41, 5.74) is 4.03. The number of hydrogen-bond donors (Lipinski definition) is 1. The third-order valence-corrected chi connectivity index (χ3v) is 4.72. The van der Waals surface area contributed by atoms with Crippen molar-refractivity contribution in [3.05, 3.63) is 71.9 Å². The minimum atomic E-state index is -0.272. The van der Waals surface area contributed by atoms with Crippen molar-refractivity contribution >= 4 is 11.7 Å². The summed E-state index contributed by atoms with van der Waals surface area (Å²) >= 11 is 0. The fourth-order valence-corrected chi connectivity index (χ4v) is 3.30. The summed E-state index contributed by atoms with van der Waals surface area (Å²) in [7, 11) is 5.72. The Morgan fingerprint density at radius 2 is 1.67 bits per heavy atom. The molecule has 1 heterocycles. The lowest BCUT2D eigenvalue weighted by Gasteiger charge is -2.24. The molecule has 140 valence electrons. The number of hydrogen-bond acceptors (Lipinski definition) is 3. The number of aryl methyl sites for hydroxylation is 2. The van der Waals surface area contributed by atoms with Crippen LogP contribution in [0.4, 0.5) is 5.82 Å². The quantitative estimate of drug-likeness (QED) is 0.730. The minimum absolute atomic E-state index is 0.0379. The first-order chi connectivity index (χ1) is 13.0. The van der Waals surface area contributed by atoms with Gasteiger partial charge in [0.25, 0.3) is 0 Å². The molecular weight excluding hydrogens is 336 g/mol. The summed E-state index contributed by atoms with van der Waals surface area (Å²) in [6.45, 7) is 1.96. The van der Waals surface area contributed by atoms with E-state index in [4.69, 9.17) is 0 Å². The second-order valence-electron chi connectivity index (χ2n) is 6.96. The van der Waals surface area contributed by atoms with E-state index in [2.05, 4.69) is 10.4 Å². The van der Waals surface area contributed by atoms with Crippen LogP contribution in [0.1, 0.15) is 11.3 Å². The van der Waals surface area contributed by atoms with Gasteiger partial charge in [0.1, 0.15) is 5.82 Å². The van der Waals surface area contributed by atoms with Gasteiger partial charge < -0.3 is 5.32 Å². The molecule has 0 aliphatic rings. The number of likely N-dealkylation sites (N-methyl/N-ethyl adjacent to an activating group) is 1. The first-order valence-electron chi connectivity index (χ1n) is 9.07. The van der Waals surface area contributed by atoms with Crippen molar-refractivity contribution in [1.29, 1.82) is 0 Å². The summed E-state index contributed by atoms with van der Waals surface area (Å²) in [4.78, 5) is 15.1. The second-order valence-corrected chi connectivity index (χ2v) is 6.96. The first kappa shape index (κ1) is 18.9. The van der Waals surface area contributed by atoms with Gasteiger partial charge in [-0.2, -0.15) is 5.10 Å². The molecule has 0 unspecified atom stereocenters. The van der Waals surface area contributed by atoms with E-state index in [1.807, 2.05) is 93.6 Å². The lowest BCUT2D eigenvalue weighted by Crippen LogP contribution is -2.41. The molecule has 1 N–H and O–H groups in total. The zero-order chi connectivity index (χ0) is 19.4. The molecule has 0 aliphatic heterocycles. The molecule has 0 saturated heterocycles. The zero-order valence-corrected chi connectivity index (χ0v) is 16.3. The zero-order valence-electron chi connectivity index (χ0n) is 16.3. The molecule has 0 radical (unpaired) electrons. The van der Waals surface area contributed by atoms with Crippen LogP contribution < -0.4 is 5.32 Å². The first-order valence-corrected chi connectivity index (χ1v) is 9.07. The molecule has 1 aromatic heterocycles. The van der Waals surface area contributed by atoms with Crippen molar-refractivity contribution in [3.8, 4) is 11.1 Å². The molecule has 0 spiro atoms. The number of aromatic nitrogens is 2. The summed E-state index contributed by atoms with van der Waals surface area (Å²) in [5.74, 6) is 0.688. The Labute approximate surface area is 160 Å². The minimum Gasteiger partial charge on any atom is -0.309 e. The van der Waals surface area contributed by atoms with Gasteiger partial charge in [-0.3, -0.25) is 14.4 Å². The standard InChI is InChI=1S/C22H26N4O/c1-16-20(18-13-9-6-10-14-18)21(26(4)24-16)23-22(27)19(25(2)3)15-17-11-7-5-8-12-17/h5-14,19H,15H2,1-4H3,(H,23,27)/t19-/m0/s1. The van der Waals surface area contributed by atoms with Crippen molar-refractivity contribution in [1.82, 2.24) is 14.7 Å². The van der Waals surface area contributed by atoms with Crippen molar-refractivity contribution in [3.63, 3.8) is 0 Å². The average molecular weight is 362 g/mol. The lowest BCUT2D eigenvalue weighted by molar-refractivity contribution is -0.120. The third kappa shape index (κ3) is 4.26. The summed E-state index contributed by atoms with van der Waals surface area (Å²) in [5, 5.41) is 7.64. The summed E-state index contributed by atoms with van der Waals surface area (Å²) in [6.07, 6.45) is 0.650. The van der Waals surface area contributed by atoms with Gasteiger partial charge in [0, 0.05) is 12.6 Å². The van der Waals surface area contributed by atoms with Crippen LogP contribution in [0.3, 0.4) is 0 Å². The highest BCUT2D eigenvalue weighted by atomic mass is 16.2. The van der Waals surface area contributed by atoms with Crippen molar-refractivity contribution in [2.24, 2.45) is 7.05 Å². The molecule has 1 atom stereocenters. The van der Waals surface area contributed by atoms with Crippen LogP contribution in [0, 0.1) is 6.92 Å². The van der Waals surface area contributed by atoms with Crippen molar-refractivity contribution in [2.45, 2.75) is 19.4 Å². The number of carbonyl (C=O) groups is 1. The molecule has 0 fully saturated rings. The SMILES string of the molecule is Cc1nn(C)c(NC(=O)[C@H](Cc2ccccc2)N(C)C)c1-c1ccccc1. The van der Waals surface area contributed by atoms with E-state index in [1.165, 1.54) is 0 Å². The highest BCUT2D eigenvalue weighted by Crippen LogP contribution is 2.31. The van der Waals surface area contributed by atoms with Crippen LogP contribution in [-0.2, 0) is 18.3 Å². The van der Waals surface area contributed by atoms with E-state index in [0.717, 1.165) is 28.2 Å². The van der Waals surface area contributed by atoms with Crippen LogP contribution in [-0.4, -0.2) is 40.7 Å². The van der Waals surface area contributed by atoms with Crippen molar-refractivity contribution in [2.75, 3.05) is 19.4 Å². The molecule has 3 rings (SSSR count). The average Bonchev–Trinajstić information content (AvgIpc) is 2.94. The second kappa shape index (κ2) is 8.18. The molecule has 1 amide bonds. The molecule has 0 saturated carbocycles. The van der Waals surface area contributed by atoms with Gasteiger partial charge in [-0.05, 0) is 38.6 Å². The Bertz CT molecular complexity index is 901. The molecule has 5 nitrogen and oxygen atoms in total. The maximum atomic E-state index is 13.1. The monoisotopic (exact) mass is 362 g/mol. The highest BCUT2D eigenvalue weighted by molar-refractivity contribution is 5.98. The Balaban J connectivity index is 1.88. The maximum Gasteiger partial charge on any atom is 0.243 e. The molecule has 0 bridgehead atoms. The van der Waals surface area contributed by atoms with E-state index in [0.29, 0.717) is 6.42 Å². The Kier molecular flexibility index (Phi) is 5.72. The van der Waals surface area contributed by atoms with Crippen LogP contribution in [0.5, 0.6) is 0 Å². The number of amides is 1. The van der Waals surface area contributed by atoms with Gasteiger partial charge in [-0.15, -0.1) is 0 Å².